The summed E-state index contributed by atoms with van der Waals surface area (Å²) in [5, 5.41) is 2.94. The van der Waals surface area contributed by atoms with Gasteiger partial charge in [-0.1, -0.05) is 6.07 Å². The highest BCUT2D eigenvalue weighted by Gasteiger charge is 2.36. The van der Waals surface area contributed by atoms with Crippen molar-refractivity contribution in [2.24, 2.45) is 5.92 Å². The molecule has 2 aromatic rings. The molecular formula is C19H24N4O3. The SMILES string of the molecule is COc1ccc(C)cc1N1C[C@H](C(=O)NCCCn2ccnc2)CC1=O. The molecule has 2 heterocycles. The summed E-state index contributed by atoms with van der Waals surface area (Å²) in [7, 11) is 1.58. The highest BCUT2D eigenvalue weighted by atomic mass is 16.5. The molecule has 1 N–H and O–H groups in total. The summed E-state index contributed by atoms with van der Waals surface area (Å²) in [5.74, 6) is 0.192. The maximum Gasteiger partial charge on any atom is 0.227 e. The number of methoxy groups -OCH3 is 1. The van der Waals surface area contributed by atoms with E-state index >= 15 is 0 Å². The Morgan fingerprint density at radius 1 is 1.42 bits per heavy atom. The van der Waals surface area contributed by atoms with E-state index in [2.05, 4.69) is 10.3 Å². The molecule has 1 fully saturated rings. The van der Waals surface area contributed by atoms with Gasteiger partial charge in [0.2, 0.25) is 11.8 Å². The lowest BCUT2D eigenvalue weighted by Crippen LogP contribution is -2.33. The second-order valence-electron chi connectivity index (χ2n) is 6.53. The maximum absolute atomic E-state index is 12.4. The number of rotatable bonds is 7. The van der Waals surface area contributed by atoms with E-state index < -0.39 is 0 Å². The molecule has 0 saturated carbocycles. The van der Waals surface area contributed by atoms with Crippen LogP contribution in [-0.2, 0) is 16.1 Å². The number of aryl methyl sites for hydroxylation is 2. The van der Waals surface area contributed by atoms with Crippen LogP contribution in [0.25, 0.3) is 0 Å². The second kappa shape index (κ2) is 8.03. The van der Waals surface area contributed by atoms with E-state index in [0.29, 0.717) is 18.8 Å². The molecule has 7 nitrogen and oxygen atoms in total. The van der Waals surface area contributed by atoms with Crippen molar-refractivity contribution in [3.05, 3.63) is 42.5 Å². The van der Waals surface area contributed by atoms with Crippen LogP contribution in [0.3, 0.4) is 0 Å². The van der Waals surface area contributed by atoms with Crippen LogP contribution >= 0.6 is 0 Å². The van der Waals surface area contributed by atoms with E-state index in [1.807, 2.05) is 35.9 Å². The van der Waals surface area contributed by atoms with Crippen LogP contribution in [-0.4, -0.2) is 41.6 Å². The number of carbonyl (C=O) groups is 2. The molecule has 7 heteroatoms. The molecule has 0 bridgehead atoms. The average molecular weight is 356 g/mol. The third-order valence-corrected chi connectivity index (χ3v) is 4.57. The molecule has 3 rings (SSSR count). The quantitative estimate of drug-likeness (QED) is 0.767. The number of nitrogens with zero attached hydrogens (tertiary/aromatic N) is 3. The lowest BCUT2D eigenvalue weighted by atomic mass is 10.1. The summed E-state index contributed by atoms with van der Waals surface area (Å²) in [6.45, 7) is 3.73. The first kappa shape index (κ1) is 18.0. The fourth-order valence-corrected chi connectivity index (χ4v) is 3.16. The van der Waals surface area contributed by atoms with Gasteiger partial charge in [-0.25, -0.2) is 4.98 Å². The van der Waals surface area contributed by atoms with Crippen molar-refractivity contribution in [2.45, 2.75) is 26.3 Å². The van der Waals surface area contributed by atoms with Gasteiger partial charge in [-0.15, -0.1) is 0 Å². The number of carbonyl (C=O) groups excluding carboxylic acids is 2. The Bertz CT molecular complexity index is 773. The lowest BCUT2D eigenvalue weighted by molar-refractivity contribution is -0.126. The van der Waals surface area contributed by atoms with Gasteiger partial charge in [0.1, 0.15) is 5.75 Å². The zero-order valence-electron chi connectivity index (χ0n) is 15.1. The second-order valence-corrected chi connectivity index (χ2v) is 6.53. The molecule has 1 saturated heterocycles. The van der Waals surface area contributed by atoms with E-state index in [0.717, 1.165) is 24.2 Å². The molecule has 26 heavy (non-hydrogen) atoms. The Hall–Kier alpha value is -2.83. The standard InChI is InChI=1S/C19H24N4O3/c1-14-4-5-17(26-2)16(10-14)23-12-15(11-18(23)24)19(25)21-6-3-8-22-9-7-20-13-22/h4-5,7,9-10,13,15H,3,6,8,11-12H2,1-2H3,(H,21,25)/t15-/m1/s1. The highest BCUT2D eigenvalue weighted by molar-refractivity contribution is 6.01. The average Bonchev–Trinajstić information content (AvgIpc) is 3.28. The van der Waals surface area contributed by atoms with Crippen molar-refractivity contribution in [2.75, 3.05) is 25.1 Å². The molecule has 2 amide bonds. The Morgan fingerprint density at radius 3 is 3.00 bits per heavy atom. The van der Waals surface area contributed by atoms with E-state index in [9.17, 15) is 9.59 Å². The van der Waals surface area contributed by atoms with Gasteiger partial charge in [-0.05, 0) is 31.0 Å². The Labute approximate surface area is 153 Å². The normalized spacial score (nSPS) is 16.8. The number of aromatic nitrogens is 2. The van der Waals surface area contributed by atoms with Gasteiger partial charge in [0.25, 0.3) is 0 Å². The van der Waals surface area contributed by atoms with Gasteiger partial charge >= 0.3 is 0 Å². The Kier molecular flexibility index (Phi) is 5.55. The van der Waals surface area contributed by atoms with Gasteiger partial charge < -0.3 is 19.5 Å². The van der Waals surface area contributed by atoms with Crippen molar-refractivity contribution < 1.29 is 14.3 Å². The maximum atomic E-state index is 12.4. The van der Waals surface area contributed by atoms with Crippen molar-refractivity contribution >= 4 is 17.5 Å². The zero-order valence-corrected chi connectivity index (χ0v) is 15.1. The molecule has 1 aliphatic rings. The first-order valence-corrected chi connectivity index (χ1v) is 8.77. The van der Waals surface area contributed by atoms with Crippen LogP contribution in [0.1, 0.15) is 18.4 Å². The minimum Gasteiger partial charge on any atom is -0.495 e. The third-order valence-electron chi connectivity index (χ3n) is 4.57. The summed E-state index contributed by atoms with van der Waals surface area (Å²) < 4.78 is 7.34. The molecule has 0 radical (unpaired) electrons. The van der Waals surface area contributed by atoms with Crippen LogP contribution in [0.15, 0.2) is 36.9 Å². The minimum absolute atomic E-state index is 0.0486. The van der Waals surface area contributed by atoms with Gasteiger partial charge in [0, 0.05) is 38.4 Å². The number of benzene rings is 1. The number of hydrogen-bond donors (Lipinski definition) is 1. The smallest absolute Gasteiger partial charge is 0.227 e. The summed E-state index contributed by atoms with van der Waals surface area (Å²) >= 11 is 0. The predicted molar refractivity (Wildman–Crippen MR) is 98.0 cm³/mol. The first-order chi connectivity index (χ1) is 12.6. The fourth-order valence-electron chi connectivity index (χ4n) is 3.16. The lowest BCUT2D eigenvalue weighted by Gasteiger charge is -2.20. The largest absolute Gasteiger partial charge is 0.495 e. The van der Waals surface area contributed by atoms with E-state index in [1.54, 1.807) is 24.5 Å². The molecule has 0 unspecified atom stereocenters. The van der Waals surface area contributed by atoms with Gasteiger partial charge in [0.15, 0.2) is 0 Å². The molecule has 1 aromatic heterocycles. The third kappa shape index (κ3) is 4.04. The molecule has 1 atom stereocenters. The van der Waals surface area contributed by atoms with Crippen LogP contribution in [0.4, 0.5) is 5.69 Å². The molecule has 1 aliphatic heterocycles. The van der Waals surface area contributed by atoms with Crippen LogP contribution in [0, 0.1) is 12.8 Å². The van der Waals surface area contributed by atoms with Gasteiger partial charge in [-0.3, -0.25) is 9.59 Å². The van der Waals surface area contributed by atoms with Crippen LogP contribution < -0.4 is 15.0 Å². The zero-order chi connectivity index (χ0) is 18.5. The number of anilines is 1. The van der Waals surface area contributed by atoms with Crippen molar-refractivity contribution in [3.63, 3.8) is 0 Å². The number of nitrogens with one attached hydrogen (secondary N) is 1. The predicted octanol–water partition coefficient (Wildman–Crippen LogP) is 1.76. The summed E-state index contributed by atoms with van der Waals surface area (Å²) in [6, 6.07) is 5.71. The summed E-state index contributed by atoms with van der Waals surface area (Å²) in [5.41, 5.74) is 1.77. The Morgan fingerprint density at radius 2 is 2.27 bits per heavy atom. The highest BCUT2D eigenvalue weighted by Crippen LogP contribution is 2.33. The number of hydrogen-bond acceptors (Lipinski definition) is 4. The van der Waals surface area contributed by atoms with Gasteiger partial charge in [0.05, 0.1) is 25.0 Å². The topological polar surface area (TPSA) is 76.5 Å². The van der Waals surface area contributed by atoms with Crippen LogP contribution in [0.5, 0.6) is 5.75 Å². The monoisotopic (exact) mass is 356 g/mol. The fraction of sp³-hybridized carbons (Fsp3) is 0.421. The number of amides is 2. The van der Waals surface area contributed by atoms with Crippen molar-refractivity contribution in [1.82, 2.24) is 14.9 Å². The minimum atomic E-state index is -0.332. The van der Waals surface area contributed by atoms with E-state index in [1.165, 1.54) is 0 Å². The van der Waals surface area contributed by atoms with E-state index in [4.69, 9.17) is 4.74 Å². The Balaban J connectivity index is 1.55. The molecule has 0 aliphatic carbocycles. The molecular weight excluding hydrogens is 332 g/mol. The molecule has 0 spiro atoms. The van der Waals surface area contributed by atoms with E-state index in [-0.39, 0.29) is 24.2 Å². The van der Waals surface area contributed by atoms with Crippen molar-refractivity contribution in [3.8, 4) is 5.75 Å². The van der Waals surface area contributed by atoms with Gasteiger partial charge in [-0.2, -0.15) is 0 Å². The first-order valence-electron chi connectivity index (χ1n) is 8.77. The van der Waals surface area contributed by atoms with Crippen molar-refractivity contribution in [1.29, 1.82) is 0 Å². The summed E-state index contributed by atoms with van der Waals surface area (Å²) in [4.78, 5) is 30.5. The molecule has 138 valence electrons. The van der Waals surface area contributed by atoms with Crippen LogP contribution in [0.2, 0.25) is 0 Å². The molecule has 1 aromatic carbocycles. The number of ether oxygens (including phenoxy) is 1. The number of imidazole rings is 1. The summed E-state index contributed by atoms with van der Waals surface area (Å²) in [6.07, 6.45) is 6.43.